The molecule has 4 nitrogen and oxygen atoms in total. The third-order valence-electron chi connectivity index (χ3n) is 2.54. The number of hydrogen-bond donors (Lipinski definition) is 1. The molecule has 0 saturated heterocycles. The summed E-state index contributed by atoms with van der Waals surface area (Å²) in [5.74, 6) is -0.468. The molecule has 0 spiro atoms. The number of H-pyrrole nitrogens is 1. The van der Waals surface area contributed by atoms with Gasteiger partial charge < -0.3 is 9.72 Å². The van der Waals surface area contributed by atoms with Gasteiger partial charge in [0, 0.05) is 22.3 Å². The van der Waals surface area contributed by atoms with Crippen LogP contribution in [0.4, 0.5) is 0 Å². The fraction of sp³-hybridized carbons (Fsp3) is 0.143. The van der Waals surface area contributed by atoms with Crippen LogP contribution in [-0.4, -0.2) is 17.6 Å². The molecule has 1 aromatic heterocycles. The molecule has 19 heavy (non-hydrogen) atoms. The van der Waals surface area contributed by atoms with E-state index in [2.05, 4.69) is 4.98 Å². The molecular weight excluding hydrogens is 266 g/mol. The van der Waals surface area contributed by atoms with E-state index in [1.807, 2.05) is 0 Å². The normalized spacial score (nSPS) is 10.2. The van der Waals surface area contributed by atoms with Crippen molar-refractivity contribution in [3.8, 4) is 11.3 Å². The van der Waals surface area contributed by atoms with Gasteiger partial charge in [0.2, 0.25) is 5.56 Å². The van der Waals surface area contributed by atoms with Gasteiger partial charge in [0.1, 0.15) is 0 Å². The van der Waals surface area contributed by atoms with Gasteiger partial charge in [0.05, 0.1) is 12.2 Å². The lowest BCUT2D eigenvalue weighted by molar-refractivity contribution is 0.0527. The van der Waals surface area contributed by atoms with E-state index in [0.717, 1.165) is 0 Å². The summed E-state index contributed by atoms with van der Waals surface area (Å²) in [6.07, 6.45) is 0. The first-order valence-electron chi connectivity index (χ1n) is 5.78. The quantitative estimate of drug-likeness (QED) is 0.878. The van der Waals surface area contributed by atoms with Crippen molar-refractivity contribution in [2.75, 3.05) is 6.61 Å². The van der Waals surface area contributed by atoms with Crippen molar-refractivity contribution in [3.05, 3.63) is 57.3 Å². The number of aromatic nitrogens is 1. The second-order valence-electron chi connectivity index (χ2n) is 3.84. The molecule has 0 radical (unpaired) electrons. The standard InChI is InChI=1S/C14H12ClNO3/c1-2-19-14(18)11-8-9(15)6-7-10(11)12-4-3-5-13(17)16-12/h3-8H,2H2,1H3,(H,16,17). The van der Waals surface area contributed by atoms with Gasteiger partial charge in [-0.15, -0.1) is 0 Å². The zero-order chi connectivity index (χ0) is 13.8. The van der Waals surface area contributed by atoms with Crippen LogP contribution in [0.5, 0.6) is 0 Å². The Morgan fingerprint density at radius 1 is 1.32 bits per heavy atom. The summed E-state index contributed by atoms with van der Waals surface area (Å²) in [4.78, 5) is 25.9. The fourth-order valence-electron chi connectivity index (χ4n) is 1.73. The highest BCUT2D eigenvalue weighted by Gasteiger charge is 2.15. The average molecular weight is 278 g/mol. The van der Waals surface area contributed by atoms with E-state index in [-0.39, 0.29) is 12.2 Å². The molecule has 5 heteroatoms. The monoisotopic (exact) mass is 277 g/mol. The van der Waals surface area contributed by atoms with E-state index in [4.69, 9.17) is 16.3 Å². The summed E-state index contributed by atoms with van der Waals surface area (Å²) >= 11 is 5.90. The van der Waals surface area contributed by atoms with Crippen LogP contribution in [0.1, 0.15) is 17.3 Å². The first kappa shape index (κ1) is 13.4. The van der Waals surface area contributed by atoms with Crippen molar-refractivity contribution >= 4 is 17.6 Å². The summed E-state index contributed by atoms with van der Waals surface area (Å²) in [7, 11) is 0. The largest absolute Gasteiger partial charge is 0.462 e. The van der Waals surface area contributed by atoms with Gasteiger partial charge in [0.25, 0.3) is 0 Å². The van der Waals surface area contributed by atoms with Crippen LogP contribution < -0.4 is 5.56 Å². The van der Waals surface area contributed by atoms with Crippen molar-refractivity contribution in [1.82, 2.24) is 4.98 Å². The number of carbonyl (C=O) groups is 1. The maximum absolute atomic E-state index is 11.9. The van der Waals surface area contributed by atoms with Crippen LogP contribution in [0.15, 0.2) is 41.2 Å². The third-order valence-corrected chi connectivity index (χ3v) is 2.77. The van der Waals surface area contributed by atoms with Crippen molar-refractivity contribution in [1.29, 1.82) is 0 Å². The van der Waals surface area contributed by atoms with E-state index in [0.29, 0.717) is 21.8 Å². The number of aromatic amines is 1. The van der Waals surface area contributed by atoms with Crippen LogP contribution in [-0.2, 0) is 4.74 Å². The molecular formula is C14H12ClNO3. The number of halogens is 1. The zero-order valence-electron chi connectivity index (χ0n) is 10.3. The molecule has 1 aromatic carbocycles. The zero-order valence-corrected chi connectivity index (χ0v) is 11.0. The second-order valence-corrected chi connectivity index (χ2v) is 4.28. The van der Waals surface area contributed by atoms with Gasteiger partial charge in [-0.1, -0.05) is 23.7 Å². The Labute approximate surface area is 115 Å². The maximum atomic E-state index is 11.9. The minimum atomic E-state index is -0.468. The van der Waals surface area contributed by atoms with Gasteiger partial charge in [-0.05, 0) is 25.1 Å². The van der Waals surface area contributed by atoms with Gasteiger partial charge >= 0.3 is 5.97 Å². The molecule has 2 aromatic rings. The number of carbonyl (C=O) groups excluding carboxylic acids is 1. The molecule has 2 rings (SSSR count). The van der Waals surface area contributed by atoms with Crippen LogP contribution in [0.25, 0.3) is 11.3 Å². The van der Waals surface area contributed by atoms with Crippen LogP contribution >= 0.6 is 11.6 Å². The third kappa shape index (κ3) is 3.03. The lowest BCUT2D eigenvalue weighted by Gasteiger charge is -2.09. The lowest BCUT2D eigenvalue weighted by Crippen LogP contribution is -2.09. The van der Waals surface area contributed by atoms with Crippen LogP contribution in [0.3, 0.4) is 0 Å². The Morgan fingerprint density at radius 2 is 2.11 bits per heavy atom. The van der Waals surface area contributed by atoms with E-state index in [9.17, 15) is 9.59 Å². The van der Waals surface area contributed by atoms with E-state index >= 15 is 0 Å². The molecule has 98 valence electrons. The van der Waals surface area contributed by atoms with E-state index in [1.54, 1.807) is 31.2 Å². The lowest BCUT2D eigenvalue weighted by atomic mass is 10.0. The molecule has 0 saturated carbocycles. The molecule has 0 fully saturated rings. The predicted molar refractivity (Wildman–Crippen MR) is 73.5 cm³/mol. The topological polar surface area (TPSA) is 59.2 Å². The highest BCUT2D eigenvalue weighted by molar-refractivity contribution is 6.31. The number of nitrogens with one attached hydrogen (secondary N) is 1. The summed E-state index contributed by atoms with van der Waals surface area (Å²) in [5, 5.41) is 0.435. The molecule has 0 amide bonds. The van der Waals surface area contributed by atoms with E-state index < -0.39 is 5.97 Å². The maximum Gasteiger partial charge on any atom is 0.338 e. The van der Waals surface area contributed by atoms with Gasteiger partial charge in [-0.2, -0.15) is 0 Å². The number of ether oxygens (including phenoxy) is 1. The van der Waals surface area contributed by atoms with Gasteiger partial charge in [0.15, 0.2) is 0 Å². The second kappa shape index (κ2) is 5.71. The molecule has 0 aliphatic heterocycles. The minimum absolute atomic E-state index is 0.234. The van der Waals surface area contributed by atoms with Gasteiger partial charge in [-0.3, -0.25) is 4.79 Å². The molecule has 0 aliphatic rings. The number of benzene rings is 1. The Hall–Kier alpha value is -2.07. The Morgan fingerprint density at radius 3 is 2.79 bits per heavy atom. The van der Waals surface area contributed by atoms with Crippen LogP contribution in [0.2, 0.25) is 5.02 Å². The SMILES string of the molecule is CCOC(=O)c1cc(Cl)ccc1-c1cccc(=O)[nH]1. The molecule has 1 heterocycles. The van der Waals surface area contributed by atoms with Crippen LogP contribution in [0, 0.1) is 0 Å². The molecule has 1 N–H and O–H groups in total. The van der Waals surface area contributed by atoms with Crippen molar-refractivity contribution in [3.63, 3.8) is 0 Å². The van der Waals surface area contributed by atoms with E-state index in [1.165, 1.54) is 12.1 Å². The fourth-order valence-corrected chi connectivity index (χ4v) is 1.91. The highest BCUT2D eigenvalue weighted by Crippen LogP contribution is 2.25. The highest BCUT2D eigenvalue weighted by atomic mass is 35.5. The average Bonchev–Trinajstić information content (AvgIpc) is 2.39. The number of hydrogen-bond acceptors (Lipinski definition) is 3. The number of esters is 1. The number of pyridine rings is 1. The Bertz CT molecular complexity index is 664. The molecule has 0 unspecified atom stereocenters. The molecule has 0 bridgehead atoms. The van der Waals surface area contributed by atoms with Gasteiger partial charge in [-0.25, -0.2) is 4.79 Å². The summed E-state index contributed by atoms with van der Waals surface area (Å²) in [6.45, 7) is 2.00. The predicted octanol–water partition coefficient (Wildman–Crippen LogP) is 2.87. The Balaban J connectivity index is 2.57. The molecule has 0 aliphatic carbocycles. The summed E-state index contributed by atoms with van der Waals surface area (Å²) < 4.78 is 4.99. The smallest absolute Gasteiger partial charge is 0.338 e. The summed E-state index contributed by atoms with van der Waals surface area (Å²) in [6, 6.07) is 9.61. The van der Waals surface area contributed by atoms with Crippen molar-refractivity contribution < 1.29 is 9.53 Å². The minimum Gasteiger partial charge on any atom is -0.462 e. The summed E-state index contributed by atoms with van der Waals surface area (Å²) in [5.41, 5.74) is 1.23. The van der Waals surface area contributed by atoms with Crippen molar-refractivity contribution in [2.24, 2.45) is 0 Å². The molecule has 0 atom stereocenters. The van der Waals surface area contributed by atoms with Crippen molar-refractivity contribution in [2.45, 2.75) is 6.92 Å². The number of rotatable bonds is 3. The first-order valence-corrected chi connectivity index (χ1v) is 6.16. The Kier molecular flexibility index (Phi) is 4.02. The first-order chi connectivity index (χ1) is 9.11.